The average molecular weight is 287 g/mol. The minimum absolute atomic E-state index is 0.180. The lowest BCUT2D eigenvalue weighted by molar-refractivity contribution is -0.118. The monoisotopic (exact) mass is 287 g/mol. The summed E-state index contributed by atoms with van der Waals surface area (Å²) in [5.41, 5.74) is 2.33. The number of nitrogens with zero attached hydrogens (tertiary/aromatic N) is 1. The molecule has 0 fully saturated rings. The molecule has 1 aromatic rings. The maximum Gasteiger partial charge on any atom is 0.321 e. The molecule has 1 unspecified atom stereocenters. The molecule has 0 aliphatic carbocycles. The molecular weight excluding hydrogens is 266 g/mol. The molecule has 0 radical (unpaired) electrons. The van der Waals surface area contributed by atoms with E-state index in [1.54, 1.807) is 6.08 Å². The first-order valence-corrected chi connectivity index (χ1v) is 7.15. The van der Waals surface area contributed by atoms with E-state index in [0.29, 0.717) is 6.54 Å². The van der Waals surface area contributed by atoms with Crippen molar-refractivity contribution in [3.63, 3.8) is 0 Å². The SMILES string of the molecule is C=CCNC(=O)NC(=O)CN1c2ccccc2CCC1C. The van der Waals surface area contributed by atoms with E-state index in [1.807, 2.05) is 18.2 Å². The molecule has 2 N–H and O–H groups in total. The zero-order valence-corrected chi connectivity index (χ0v) is 12.3. The summed E-state index contributed by atoms with van der Waals surface area (Å²) >= 11 is 0. The zero-order valence-electron chi connectivity index (χ0n) is 12.3. The van der Waals surface area contributed by atoms with E-state index < -0.39 is 6.03 Å². The van der Waals surface area contributed by atoms with Gasteiger partial charge in [0, 0.05) is 18.3 Å². The number of anilines is 1. The van der Waals surface area contributed by atoms with E-state index >= 15 is 0 Å². The third-order valence-electron chi connectivity index (χ3n) is 3.64. The minimum Gasteiger partial charge on any atom is -0.359 e. The predicted molar refractivity (Wildman–Crippen MR) is 83.3 cm³/mol. The van der Waals surface area contributed by atoms with Crippen molar-refractivity contribution < 1.29 is 9.59 Å². The van der Waals surface area contributed by atoms with Gasteiger partial charge in [0.25, 0.3) is 0 Å². The second-order valence-electron chi connectivity index (χ2n) is 5.19. The Morgan fingerprint density at radius 3 is 2.95 bits per heavy atom. The van der Waals surface area contributed by atoms with Crippen molar-refractivity contribution in [1.29, 1.82) is 0 Å². The van der Waals surface area contributed by atoms with Crippen molar-refractivity contribution in [2.75, 3.05) is 18.0 Å². The lowest BCUT2D eigenvalue weighted by atomic mass is 9.97. The van der Waals surface area contributed by atoms with Crippen LogP contribution in [-0.4, -0.2) is 31.1 Å². The quantitative estimate of drug-likeness (QED) is 0.831. The smallest absolute Gasteiger partial charge is 0.321 e. The average Bonchev–Trinajstić information content (AvgIpc) is 2.48. The second kappa shape index (κ2) is 6.92. The normalized spacial score (nSPS) is 16.8. The van der Waals surface area contributed by atoms with Gasteiger partial charge in [0.1, 0.15) is 0 Å². The highest BCUT2D eigenvalue weighted by atomic mass is 16.2. The number of fused-ring (bicyclic) bond motifs is 1. The van der Waals surface area contributed by atoms with E-state index in [-0.39, 0.29) is 18.5 Å². The molecule has 1 heterocycles. The third-order valence-corrected chi connectivity index (χ3v) is 3.64. The number of carbonyl (C=O) groups excluding carboxylic acids is 2. The van der Waals surface area contributed by atoms with Crippen molar-refractivity contribution in [2.24, 2.45) is 0 Å². The van der Waals surface area contributed by atoms with Crippen molar-refractivity contribution in [3.8, 4) is 0 Å². The first-order valence-electron chi connectivity index (χ1n) is 7.15. The zero-order chi connectivity index (χ0) is 15.2. The van der Waals surface area contributed by atoms with Crippen molar-refractivity contribution in [1.82, 2.24) is 10.6 Å². The van der Waals surface area contributed by atoms with E-state index in [2.05, 4.69) is 35.1 Å². The largest absolute Gasteiger partial charge is 0.359 e. The fourth-order valence-electron chi connectivity index (χ4n) is 2.53. The maximum absolute atomic E-state index is 12.0. The van der Waals surface area contributed by atoms with Gasteiger partial charge in [-0.15, -0.1) is 6.58 Å². The molecule has 1 atom stereocenters. The topological polar surface area (TPSA) is 61.4 Å². The first-order chi connectivity index (χ1) is 10.1. The highest BCUT2D eigenvalue weighted by Gasteiger charge is 2.24. The fraction of sp³-hybridized carbons (Fsp3) is 0.375. The van der Waals surface area contributed by atoms with Crippen LogP contribution in [0, 0.1) is 0 Å². The van der Waals surface area contributed by atoms with Gasteiger partial charge in [-0.3, -0.25) is 10.1 Å². The third kappa shape index (κ3) is 3.84. The maximum atomic E-state index is 12.0. The summed E-state index contributed by atoms with van der Waals surface area (Å²) in [6.07, 6.45) is 3.59. The van der Waals surface area contributed by atoms with Gasteiger partial charge in [0.05, 0.1) is 6.54 Å². The van der Waals surface area contributed by atoms with Gasteiger partial charge >= 0.3 is 6.03 Å². The molecule has 3 amide bonds. The number of hydrogen-bond acceptors (Lipinski definition) is 3. The molecule has 0 bridgehead atoms. The number of imide groups is 1. The van der Waals surface area contributed by atoms with Crippen LogP contribution in [0.25, 0.3) is 0 Å². The van der Waals surface area contributed by atoms with Crippen LogP contribution in [-0.2, 0) is 11.2 Å². The van der Waals surface area contributed by atoms with Crippen LogP contribution in [0.4, 0.5) is 10.5 Å². The summed E-state index contributed by atoms with van der Waals surface area (Å²) < 4.78 is 0. The van der Waals surface area contributed by atoms with Crippen LogP contribution in [0.5, 0.6) is 0 Å². The molecule has 0 saturated carbocycles. The number of para-hydroxylation sites is 1. The van der Waals surface area contributed by atoms with Crippen molar-refractivity contribution in [3.05, 3.63) is 42.5 Å². The number of carbonyl (C=O) groups is 2. The first kappa shape index (κ1) is 15.1. The Balaban J connectivity index is 2.00. The Bertz CT molecular complexity index is 542. The van der Waals surface area contributed by atoms with Crippen LogP contribution in [0.3, 0.4) is 0 Å². The van der Waals surface area contributed by atoms with Crippen LogP contribution in [0.1, 0.15) is 18.9 Å². The van der Waals surface area contributed by atoms with Gasteiger partial charge in [-0.25, -0.2) is 4.79 Å². The molecular formula is C16H21N3O2. The van der Waals surface area contributed by atoms with E-state index in [4.69, 9.17) is 0 Å². The summed E-state index contributed by atoms with van der Waals surface area (Å²) in [6, 6.07) is 7.88. The van der Waals surface area contributed by atoms with Gasteiger partial charge in [0.15, 0.2) is 0 Å². The number of benzene rings is 1. The van der Waals surface area contributed by atoms with Crippen molar-refractivity contribution >= 4 is 17.6 Å². The molecule has 1 aliphatic heterocycles. The number of aryl methyl sites for hydroxylation is 1. The van der Waals surface area contributed by atoms with Gasteiger partial charge in [0.2, 0.25) is 5.91 Å². The highest BCUT2D eigenvalue weighted by Crippen LogP contribution is 2.29. The molecule has 5 heteroatoms. The molecule has 1 aromatic carbocycles. The van der Waals surface area contributed by atoms with Crippen LogP contribution in [0.15, 0.2) is 36.9 Å². The van der Waals surface area contributed by atoms with Crippen LogP contribution in [0.2, 0.25) is 0 Å². The lowest BCUT2D eigenvalue weighted by Crippen LogP contribution is -2.48. The second-order valence-corrected chi connectivity index (χ2v) is 5.19. The Morgan fingerprint density at radius 2 is 2.19 bits per heavy atom. The molecule has 21 heavy (non-hydrogen) atoms. The summed E-state index contributed by atoms with van der Waals surface area (Å²) in [4.78, 5) is 25.5. The predicted octanol–water partition coefficient (Wildman–Crippen LogP) is 1.84. The number of nitrogens with one attached hydrogen (secondary N) is 2. The standard InChI is InChI=1S/C16H21N3O2/c1-3-10-17-16(21)18-15(20)11-19-12(2)8-9-13-6-4-5-7-14(13)19/h3-7,12H,1,8-11H2,2H3,(H2,17,18,20,21). The summed E-state index contributed by atoms with van der Waals surface area (Å²) in [5.74, 6) is -0.305. The minimum atomic E-state index is -0.488. The van der Waals surface area contributed by atoms with E-state index in [9.17, 15) is 9.59 Å². The highest BCUT2D eigenvalue weighted by molar-refractivity contribution is 5.96. The van der Waals surface area contributed by atoms with Gasteiger partial charge in [-0.05, 0) is 31.4 Å². The number of amides is 3. The van der Waals surface area contributed by atoms with Gasteiger partial charge in [-0.1, -0.05) is 24.3 Å². The Morgan fingerprint density at radius 1 is 1.43 bits per heavy atom. The summed E-state index contributed by atoms with van der Waals surface area (Å²) in [5, 5.41) is 4.86. The Kier molecular flexibility index (Phi) is 4.98. The molecule has 0 spiro atoms. The lowest BCUT2D eigenvalue weighted by Gasteiger charge is -2.36. The molecule has 0 saturated heterocycles. The van der Waals surface area contributed by atoms with Crippen molar-refractivity contribution in [2.45, 2.75) is 25.8 Å². The summed E-state index contributed by atoms with van der Waals surface area (Å²) in [6.45, 7) is 6.12. The van der Waals surface area contributed by atoms with Crippen LogP contribution >= 0.6 is 0 Å². The Hall–Kier alpha value is -2.30. The number of hydrogen-bond donors (Lipinski definition) is 2. The number of urea groups is 1. The van der Waals surface area contributed by atoms with Crippen LogP contribution < -0.4 is 15.5 Å². The van der Waals surface area contributed by atoms with Gasteiger partial charge in [-0.2, -0.15) is 0 Å². The van der Waals surface area contributed by atoms with E-state index in [1.165, 1.54) is 5.56 Å². The summed E-state index contributed by atoms with van der Waals surface area (Å²) in [7, 11) is 0. The molecule has 112 valence electrons. The molecule has 1 aliphatic rings. The molecule has 0 aromatic heterocycles. The molecule has 5 nitrogen and oxygen atoms in total. The fourth-order valence-corrected chi connectivity index (χ4v) is 2.53. The number of rotatable bonds is 4. The molecule has 2 rings (SSSR count). The van der Waals surface area contributed by atoms with E-state index in [0.717, 1.165) is 18.5 Å². The Labute approximate surface area is 125 Å². The van der Waals surface area contributed by atoms with Gasteiger partial charge < -0.3 is 10.2 Å².